The van der Waals surface area contributed by atoms with Gasteiger partial charge in [0.25, 0.3) is 5.91 Å². The number of phenols is 1. The quantitative estimate of drug-likeness (QED) is 0.328. The van der Waals surface area contributed by atoms with Crippen LogP contribution in [0.5, 0.6) is 5.75 Å². The number of urea groups is 1. The fourth-order valence-electron chi connectivity index (χ4n) is 5.68. The highest BCUT2D eigenvalue weighted by Crippen LogP contribution is 2.56. The third kappa shape index (κ3) is 3.35. The molecule has 3 amide bonds. The monoisotopic (exact) mass is 484 g/mol. The Morgan fingerprint density at radius 1 is 1.35 bits per heavy atom. The van der Waals surface area contributed by atoms with Crippen molar-refractivity contribution in [1.29, 1.82) is 0 Å². The van der Waals surface area contributed by atoms with Crippen molar-refractivity contribution < 1.29 is 19.1 Å². The number of aromatic hydroxyl groups is 1. The Morgan fingerprint density at radius 3 is 2.88 bits per heavy atom. The Hall–Kier alpha value is -3.10. The molecule has 0 aromatic heterocycles. The van der Waals surface area contributed by atoms with Gasteiger partial charge in [-0.1, -0.05) is 29.8 Å². The number of fused-ring (bicyclic) bond motifs is 4. The number of carbonyl (C=O) groups excluding carboxylic acids is 2. The first-order chi connectivity index (χ1) is 16.3. The van der Waals surface area contributed by atoms with E-state index in [-0.39, 0.29) is 41.2 Å². The number of piperidine rings is 1. The molecule has 3 aliphatic rings. The average Bonchev–Trinajstić information content (AvgIpc) is 3.22. The molecular formula is C25H26ClFN4O3. The molecule has 5 rings (SSSR count). The summed E-state index contributed by atoms with van der Waals surface area (Å²) in [4.78, 5) is 30.3. The number of amides is 3. The molecule has 0 bridgehead atoms. The maximum atomic E-state index is 14.2. The average molecular weight is 485 g/mol. The number of halogens is 2. The molecule has 0 spiro atoms. The molecule has 3 N–H and O–H groups in total. The lowest BCUT2D eigenvalue weighted by Gasteiger charge is -2.48. The molecule has 2 fully saturated rings. The minimum Gasteiger partial charge on any atom is -0.508 e. The maximum absolute atomic E-state index is 14.2. The van der Waals surface area contributed by atoms with Crippen molar-refractivity contribution in [3.63, 3.8) is 0 Å². The van der Waals surface area contributed by atoms with Gasteiger partial charge < -0.3 is 20.6 Å². The predicted molar refractivity (Wildman–Crippen MR) is 127 cm³/mol. The predicted octanol–water partition coefficient (Wildman–Crippen LogP) is 4.01. The van der Waals surface area contributed by atoms with Crippen molar-refractivity contribution >= 4 is 29.2 Å². The first-order valence-electron chi connectivity index (χ1n) is 11.3. The van der Waals surface area contributed by atoms with Gasteiger partial charge in [-0.15, -0.1) is 6.58 Å². The third-order valence-corrected chi connectivity index (χ3v) is 7.46. The standard InChI is InChI=1S/C25H26ClFN4O3/c1-3-7-28-8-9-30-23(33)25(2)13-17-16-11-18(26)19(27)12-20(16)29-21(17)22(31(25)24(30)34)14-5-4-6-15(32)10-14/h3-6,10-12,17,21-22,28-29,32H,1,7-9,13H2,2H3/t17?,21?,22-,25+/m1/s1. The summed E-state index contributed by atoms with van der Waals surface area (Å²) in [5, 5.41) is 16.7. The van der Waals surface area contributed by atoms with Crippen molar-refractivity contribution in [2.24, 2.45) is 0 Å². The van der Waals surface area contributed by atoms with Gasteiger partial charge in [0.2, 0.25) is 0 Å². The van der Waals surface area contributed by atoms with Gasteiger partial charge >= 0.3 is 6.03 Å². The van der Waals surface area contributed by atoms with Crippen LogP contribution < -0.4 is 10.6 Å². The number of anilines is 1. The first kappa shape index (κ1) is 22.7. The molecule has 0 aliphatic carbocycles. The summed E-state index contributed by atoms with van der Waals surface area (Å²) < 4.78 is 14.2. The zero-order chi connectivity index (χ0) is 24.2. The Kier molecular flexibility index (Phi) is 5.53. The Labute approximate surface area is 202 Å². The van der Waals surface area contributed by atoms with Gasteiger partial charge in [0.05, 0.1) is 17.1 Å². The SMILES string of the molecule is C=CCNCCN1C(=O)N2[C@H](c3cccc(O)c3)C3Nc4cc(F)c(Cl)cc4C3C[C@@]2(C)C1=O. The van der Waals surface area contributed by atoms with E-state index in [1.54, 1.807) is 42.2 Å². The summed E-state index contributed by atoms with van der Waals surface area (Å²) in [6, 6.07) is 8.43. The van der Waals surface area contributed by atoms with Crippen LogP contribution in [0.25, 0.3) is 0 Å². The normalized spacial score (nSPS) is 27.3. The summed E-state index contributed by atoms with van der Waals surface area (Å²) in [7, 11) is 0. The van der Waals surface area contributed by atoms with Crippen LogP contribution in [0.2, 0.25) is 5.02 Å². The molecule has 3 aliphatic heterocycles. The van der Waals surface area contributed by atoms with Gasteiger partial charge in [-0.05, 0) is 48.7 Å². The number of benzene rings is 2. The van der Waals surface area contributed by atoms with E-state index in [9.17, 15) is 19.1 Å². The van der Waals surface area contributed by atoms with E-state index in [1.165, 1.54) is 11.0 Å². The highest BCUT2D eigenvalue weighted by molar-refractivity contribution is 6.31. The molecule has 7 nitrogen and oxygen atoms in total. The largest absolute Gasteiger partial charge is 0.508 e. The van der Waals surface area contributed by atoms with E-state index < -0.39 is 17.4 Å². The number of nitrogens with one attached hydrogen (secondary N) is 2. The minimum absolute atomic E-state index is 0.0198. The van der Waals surface area contributed by atoms with Crippen molar-refractivity contribution in [2.75, 3.05) is 25.0 Å². The molecule has 4 atom stereocenters. The van der Waals surface area contributed by atoms with Crippen LogP contribution in [0.15, 0.2) is 49.1 Å². The number of phenolic OH excluding ortho intramolecular Hbond substituents is 1. The lowest BCUT2D eigenvalue weighted by molar-refractivity contribution is -0.135. The molecule has 2 saturated heterocycles. The van der Waals surface area contributed by atoms with Gasteiger partial charge in [0, 0.05) is 31.2 Å². The second-order valence-corrected chi connectivity index (χ2v) is 9.66. The van der Waals surface area contributed by atoms with Gasteiger partial charge in [-0.25, -0.2) is 9.18 Å². The van der Waals surface area contributed by atoms with Crippen LogP contribution in [0.4, 0.5) is 14.9 Å². The second-order valence-electron chi connectivity index (χ2n) is 9.25. The van der Waals surface area contributed by atoms with E-state index in [1.807, 2.05) is 6.07 Å². The van der Waals surface area contributed by atoms with Crippen molar-refractivity contribution in [3.8, 4) is 5.75 Å². The number of imide groups is 1. The molecule has 34 heavy (non-hydrogen) atoms. The smallest absolute Gasteiger partial charge is 0.328 e. The fourth-order valence-corrected chi connectivity index (χ4v) is 5.86. The van der Waals surface area contributed by atoms with Crippen LogP contribution in [0, 0.1) is 5.82 Å². The minimum atomic E-state index is -1.10. The van der Waals surface area contributed by atoms with Crippen molar-refractivity contribution in [2.45, 2.75) is 36.9 Å². The number of rotatable bonds is 6. The van der Waals surface area contributed by atoms with Gasteiger partial charge in [-0.3, -0.25) is 9.69 Å². The molecule has 178 valence electrons. The Balaban J connectivity index is 1.59. The van der Waals surface area contributed by atoms with E-state index in [2.05, 4.69) is 17.2 Å². The van der Waals surface area contributed by atoms with Crippen LogP contribution in [-0.4, -0.2) is 58.1 Å². The molecule has 0 radical (unpaired) electrons. The van der Waals surface area contributed by atoms with E-state index in [4.69, 9.17) is 11.6 Å². The number of carbonyl (C=O) groups is 2. The number of hydrogen-bond donors (Lipinski definition) is 3. The topological polar surface area (TPSA) is 84.9 Å². The summed E-state index contributed by atoms with van der Waals surface area (Å²) >= 11 is 6.11. The second kappa shape index (κ2) is 8.29. The highest BCUT2D eigenvalue weighted by atomic mass is 35.5. The molecule has 3 heterocycles. The zero-order valence-electron chi connectivity index (χ0n) is 18.7. The van der Waals surface area contributed by atoms with Gasteiger partial charge in [-0.2, -0.15) is 0 Å². The van der Waals surface area contributed by atoms with Crippen LogP contribution in [0.1, 0.15) is 36.4 Å². The zero-order valence-corrected chi connectivity index (χ0v) is 19.5. The highest BCUT2D eigenvalue weighted by Gasteiger charge is 2.63. The molecule has 2 unspecified atom stereocenters. The Bertz CT molecular complexity index is 1190. The number of hydrogen-bond acceptors (Lipinski definition) is 5. The van der Waals surface area contributed by atoms with Gasteiger partial charge in [0.1, 0.15) is 17.1 Å². The molecule has 9 heteroatoms. The molecular weight excluding hydrogens is 459 g/mol. The first-order valence-corrected chi connectivity index (χ1v) is 11.7. The summed E-state index contributed by atoms with van der Waals surface area (Å²) in [6.45, 7) is 6.72. The summed E-state index contributed by atoms with van der Waals surface area (Å²) in [5.74, 6) is -0.910. The van der Waals surface area contributed by atoms with Crippen molar-refractivity contribution in [1.82, 2.24) is 15.1 Å². The summed E-state index contributed by atoms with van der Waals surface area (Å²) in [5.41, 5.74) is 1.03. The Morgan fingerprint density at radius 2 is 2.15 bits per heavy atom. The molecule has 2 aromatic rings. The maximum Gasteiger partial charge on any atom is 0.328 e. The lowest BCUT2D eigenvalue weighted by atomic mass is 9.72. The van der Waals surface area contributed by atoms with Crippen LogP contribution >= 0.6 is 11.6 Å². The van der Waals surface area contributed by atoms with E-state index >= 15 is 0 Å². The van der Waals surface area contributed by atoms with Crippen LogP contribution in [-0.2, 0) is 4.79 Å². The summed E-state index contributed by atoms with van der Waals surface area (Å²) in [6.07, 6.45) is 2.09. The third-order valence-electron chi connectivity index (χ3n) is 7.17. The van der Waals surface area contributed by atoms with Gasteiger partial charge in [0.15, 0.2) is 0 Å². The molecule has 0 saturated carbocycles. The van der Waals surface area contributed by atoms with Crippen molar-refractivity contribution in [3.05, 3.63) is 71.0 Å². The van der Waals surface area contributed by atoms with E-state index in [0.717, 1.165) is 5.56 Å². The molecule has 2 aromatic carbocycles. The number of nitrogens with zero attached hydrogens (tertiary/aromatic N) is 2. The lowest BCUT2D eigenvalue weighted by Crippen LogP contribution is -2.58. The van der Waals surface area contributed by atoms with Crippen LogP contribution in [0.3, 0.4) is 0 Å². The van der Waals surface area contributed by atoms with E-state index in [0.29, 0.717) is 30.8 Å². The fraction of sp³-hybridized carbons (Fsp3) is 0.360.